The fourth-order valence-electron chi connectivity index (χ4n) is 2.45. The van der Waals surface area contributed by atoms with E-state index >= 15 is 0 Å². The summed E-state index contributed by atoms with van der Waals surface area (Å²) < 4.78 is 5.57. The van der Waals surface area contributed by atoms with Gasteiger partial charge in [0, 0.05) is 20.6 Å². The Morgan fingerprint density at radius 3 is 2.06 bits per heavy atom. The molecule has 0 radical (unpaired) electrons. The summed E-state index contributed by atoms with van der Waals surface area (Å²) >= 11 is 0. The molecule has 0 saturated heterocycles. The topological polar surface area (TPSA) is 29.5 Å². The second kappa shape index (κ2) is 8.52. The van der Waals surface area contributed by atoms with Crippen molar-refractivity contribution in [2.24, 2.45) is 11.8 Å². The monoisotopic (exact) mass is 257 g/mol. The molecular weight excluding hydrogens is 226 g/mol. The molecule has 0 aliphatic heterocycles. The van der Waals surface area contributed by atoms with Crippen LogP contribution in [0.15, 0.2) is 0 Å². The molecule has 0 rings (SSSR count). The minimum absolute atomic E-state index is 0.126. The quantitative estimate of drug-likeness (QED) is 0.667. The zero-order valence-corrected chi connectivity index (χ0v) is 13.2. The number of rotatable bonds is 8. The normalized spacial score (nSPS) is 16.4. The highest BCUT2D eigenvalue weighted by Gasteiger charge is 2.31. The Morgan fingerprint density at radius 2 is 1.72 bits per heavy atom. The molecule has 0 aliphatic carbocycles. The first-order valence-electron chi connectivity index (χ1n) is 7.17. The van der Waals surface area contributed by atoms with Crippen LogP contribution in [0.25, 0.3) is 0 Å². The Hall–Kier alpha value is -0.570. The van der Waals surface area contributed by atoms with Gasteiger partial charge in [0.05, 0.1) is 12.1 Å². The van der Waals surface area contributed by atoms with E-state index in [0.717, 1.165) is 12.8 Å². The largest absolute Gasteiger partial charge is 0.379 e. The summed E-state index contributed by atoms with van der Waals surface area (Å²) in [5.41, 5.74) is 0. The molecule has 3 atom stereocenters. The first-order valence-corrected chi connectivity index (χ1v) is 7.17. The maximum atomic E-state index is 12.2. The van der Waals surface area contributed by atoms with Crippen LogP contribution in [0, 0.1) is 11.8 Å². The second-order valence-corrected chi connectivity index (χ2v) is 5.66. The number of carbonyl (C=O) groups excluding carboxylic acids is 1. The minimum atomic E-state index is 0.126. The zero-order chi connectivity index (χ0) is 14.3. The molecule has 3 heteroatoms. The van der Waals surface area contributed by atoms with E-state index in [-0.39, 0.29) is 18.1 Å². The lowest BCUT2D eigenvalue weighted by Crippen LogP contribution is -2.49. The lowest BCUT2D eigenvalue weighted by Gasteiger charge is -2.37. The predicted octanol–water partition coefficient (Wildman–Crippen LogP) is 3.33. The van der Waals surface area contributed by atoms with Crippen molar-refractivity contribution in [3.63, 3.8) is 0 Å². The summed E-state index contributed by atoms with van der Waals surface area (Å²) in [5, 5.41) is 0. The van der Waals surface area contributed by atoms with Gasteiger partial charge in [-0.1, -0.05) is 41.0 Å². The van der Waals surface area contributed by atoms with Crippen LogP contribution < -0.4 is 0 Å². The van der Waals surface area contributed by atoms with Gasteiger partial charge in [-0.05, 0) is 18.3 Å². The number of hydrogen-bond donors (Lipinski definition) is 0. The van der Waals surface area contributed by atoms with E-state index in [2.05, 4.69) is 34.6 Å². The van der Waals surface area contributed by atoms with Gasteiger partial charge in [0.1, 0.15) is 0 Å². The number of hydrogen-bond acceptors (Lipinski definition) is 2. The van der Waals surface area contributed by atoms with E-state index in [1.165, 1.54) is 0 Å². The molecule has 1 amide bonds. The average molecular weight is 257 g/mol. The van der Waals surface area contributed by atoms with Crippen molar-refractivity contribution in [3.05, 3.63) is 0 Å². The number of methoxy groups -OCH3 is 1. The van der Waals surface area contributed by atoms with Crippen molar-refractivity contribution in [3.8, 4) is 0 Å². The van der Waals surface area contributed by atoms with Crippen LogP contribution in [0.4, 0.5) is 0 Å². The van der Waals surface area contributed by atoms with Crippen molar-refractivity contribution in [1.82, 2.24) is 4.90 Å². The van der Waals surface area contributed by atoms with Gasteiger partial charge >= 0.3 is 0 Å². The van der Waals surface area contributed by atoms with Crippen molar-refractivity contribution in [2.75, 3.05) is 14.2 Å². The summed E-state index contributed by atoms with van der Waals surface area (Å²) in [4.78, 5) is 14.1. The van der Waals surface area contributed by atoms with Crippen molar-refractivity contribution < 1.29 is 9.53 Å². The van der Waals surface area contributed by atoms with Gasteiger partial charge in [-0.2, -0.15) is 0 Å². The molecule has 0 aromatic carbocycles. The van der Waals surface area contributed by atoms with E-state index in [1.54, 1.807) is 7.11 Å². The Labute approximate surface area is 113 Å². The van der Waals surface area contributed by atoms with Gasteiger partial charge in [-0.25, -0.2) is 0 Å². The summed E-state index contributed by atoms with van der Waals surface area (Å²) in [5.74, 6) is 1.09. The van der Waals surface area contributed by atoms with Crippen LogP contribution in [-0.4, -0.2) is 37.1 Å². The molecule has 0 fully saturated rings. The van der Waals surface area contributed by atoms with Crippen molar-refractivity contribution in [2.45, 2.75) is 66.0 Å². The van der Waals surface area contributed by atoms with Crippen molar-refractivity contribution in [1.29, 1.82) is 0 Å². The highest BCUT2D eigenvalue weighted by molar-refractivity contribution is 5.76. The third kappa shape index (κ3) is 4.97. The highest BCUT2D eigenvalue weighted by Crippen LogP contribution is 2.22. The molecule has 3 nitrogen and oxygen atoms in total. The summed E-state index contributed by atoms with van der Waals surface area (Å²) in [7, 11) is 3.66. The van der Waals surface area contributed by atoms with E-state index < -0.39 is 0 Å². The van der Waals surface area contributed by atoms with Crippen LogP contribution >= 0.6 is 0 Å². The third-order valence-electron chi connectivity index (χ3n) is 3.74. The number of amides is 1. The zero-order valence-electron chi connectivity index (χ0n) is 13.2. The fraction of sp³-hybridized carbons (Fsp3) is 0.933. The number of nitrogens with zero attached hydrogens (tertiary/aromatic N) is 1. The lowest BCUT2D eigenvalue weighted by molar-refractivity contribution is -0.137. The Bertz CT molecular complexity index is 237. The molecule has 0 spiro atoms. The number of ether oxygens (including phenoxy) is 1. The molecule has 0 saturated carbocycles. The smallest absolute Gasteiger partial charge is 0.222 e. The van der Waals surface area contributed by atoms with Crippen LogP contribution in [0.5, 0.6) is 0 Å². The maximum Gasteiger partial charge on any atom is 0.222 e. The molecule has 0 aromatic heterocycles. The van der Waals surface area contributed by atoms with E-state index in [4.69, 9.17) is 4.74 Å². The van der Waals surface area contributed by atoms with Crippen LogP contribution in [-0.2, 0) is 9.53 Å². The van der Waals surface area contributed by atoms with Crippen LogP contribution in [0.3, 0.4) is 0 Å². The van der Waals surface area contributed by atoms with Gasteiger partial charge in [0.15, 0.2) is 0 Å². The molecule has 0 N–H and O–H groups in total. The summed E-state index contributed by atoms with van der Waals surface area (Å²) in [6.07, 6.45) is 2.74. The molecular formula is C15H31NO2. The Balaban J connectivity index is 4.89. The molecule has 108 valence electrons. The molecule has 0 aliphatic rings. The van der Waals surface area contributed by atoms with Crippen molar-refractivity contribution >= 4 is 5.91 Å². The van der Waals surface area contributed by atoms with Crippen LogP contribution in [0.2, 0.25) is 0 Å². The van der Waals surface area contributed by atoms with E-state index in [0.29, 0.717) is 18.3 Å². The van der Waals surface area contributed by atoms with E-state index in [1.807, 2.05) is 11.9 Å². The van der Waals surface area contributed by atoms with E-state index in [9.17, 15) is 4.79 Å². The summed E-state index contributed by atoms with van der Waals surface area (Å²) in [6.45, 7) is 10.6. The molecule has 0 unspecified atom stereocenters. The average Bonchev–Trinajstić information content (AvgIpc) is 2.33. The van der Waals surface area contributed by atoms with Gasteiger partial charge in [-0.15, -0.1) is 0 Å². The molecule has 0 heterocycles. The fourth-order valence-corrected chi connectivity index (χ4v) is 2.45. The number of likely N-dealkylation sites (N-methyl/N-ethyl adjacent to an activating group) is 1. The SMILES string of the molecule is CC[C@H](C)[C@@H]([C@@H](CC)OC)N(C)C(=O)CC(C)C. The van der Waals surface area contributed by atoms with Gasteiger partial charge in [0.25, 0.3) is 0 Å². The molecule has 0 aromatic rings. The van der Waals surface area contributed by atoms with Crippen LogP contribution in [0.1, 0.15) is 53.9 Å². The highest BCUT2D eigenvalue weighted by atomic mass is 16.5. The lowest BCUT2D eigenvalue weighted by atomic mass is 9.91. The van der Waals surface area contributed by atoms with Gasteiger partial charge in [-0.3, -0.25) is 4.79 Å². The van der Waals surface area contributed by atoms with Gasteiger partial charge < -0.3 is 9.64 Å². The van der Waals surface area contributed by atoms with Gasteiger partial charge in [0.2, 0.25) is 5.91 Å². The first-order chi connectivity index (χ1) is 8.38. The Kier molecular flexibility index (Phi) is 8.25. The first kappa shape index (κ1) is 17.4. The Morgan fingerprint density at radius 1 is 1.17 bits per heavy atom. The third-order valence-corrected chi connectivity index (χ3v) is 3.74. The molecule has 18 heavy (non-hydrogen) atoms. The number of carbonyl (C=O) groups is 1. The second-order valence-electron chi connectivity index (χ2n) is 5.66. The molecule has 0 bridgehead atoms. The summed E-state index contributed by atoms with van der Waals surface area (Å²) in [6, 6.07) is 0.177. The maximum absolute atomic E-state index is 12.2. The predicted molar refractivity (Wildman–Crippen MR) is 76.6 cm³/mol. The minimum Gasteiger partial charge on any atom is -0.379 e. The standard InChI is InChI=1S/C15H31NO2/c1-8-12(5)15(13(9-2)18-7)16(6)14(17)10-11(3)4/h11-13,15H,8-10H2,1-7H3/t12-,13+,15-/m0/s1.